The Morgan fingerprint density at radius 1 is 1.09 bits per heavy atom. The number of ether oxygens (including phenoxy) is 1. The number of ketones is 1. The summed E-state index contributed by atoms with van der Waals surface area (Å²) in [6.45, 7) is 4.68. The lowest BCUT2D eigenvalue weighted by molar-refractivity contribution is -0.132. The van der Waals surface area contributed by atoms with Crippen LogP contribution in [0.1, 0.15) is 31.0 Å². The number of carbonyl (C=O) groups excluding carboxylic acids is 2. The highest BCUT2D eigenvalue weighted by molar-refractivity contribution is 6.51. The van der Waals surface area contributed by atoms with Crippen LogP contribution >= 0.6 is 11.6 Å². The molecule has 168 valence electrons. The summed E-state index contributed by atoms with van der Waals surface area (Å²) in [4.78, 5) is 31.6. The van der Waals surface area contributed by atoms with E-state index in [-0.39, 0.29) is 11.3 Å². The summed E-state index contributed by atoms with van der Waals surface area (Å²) in [5, 5.41) is 11.6. The molecule has 0 saturated carbocycles. The number of aliphatic hydroxyl groups excluding tert-OH is 1. The van der Waals surface area contributed by atoms with E-state index >= 15 is 0 Å². The minimum absolute atomic E-state index is 0.00187. The second kappa shape index (κ2) is 9.46. The number of pyridine rings is 1. The van der Waals surface area contributed by atoms with E-state index in [2.05, 4.69) is 18.8 Å². The van der Waals surface area contributed by atoms with Crippen molar-refractivity contribution in [3.8, 4) is 5.75 Å². The number of hydrogen-bond acceptors (Lipinski definition) is 5. The number of Topliss-reactive ketones (excluding diaryl/α,β-unsaturated/α-hetero) is 1. The van der Waals surface area contributed by atoms with E-state index in [0.717, 1.165) is 0 Å². The highest BCUT2D eigenvalue weighted by atomic mass is 35.5. The molecule has 4 rings (SSSR count). The number of aliphatic hydroxyl groups is 1. The summed E-state index contributed by atoms with van der Waals surface area (Å²) in [5.41, 5.74) is 1.52. The molecule has 1 N–H and O–H groups in total. The van der Waals surface area contributed by atoms with E-state index < -0.39 is 17.7 Å². The van der Waals surface area contributed by atoms with Crippen LogP contribution in [0.5, 0.6) is 5.75 Å². The molecule has 7 heteroatoms. The van der Waals surface area contributed by atoms with Crippen LogP contribution in [0.15, 0.2) is 78.6 Å². The van der Waals surface area contributed by atoms with Gasteiger partial charge in [0.2, 0.25) is 0 Å². The molecule has 6 nitrogen and oxygen atoms in total. The molecule has 1 atom stereocenters. The van der Waals surface area contributed by atoms with Crippen molar-refractivity contribution in [2.75, 3.05) is 11.5 Å². The topological polar surface area (TPSA) is 79.7 Å². The standard InChI is InChI=1S/C26H23ClN2O4/c1-16(2)15-33-21-8-6-18(7-9-21)24(30)22-23(17-10-12-28-13-11-17)29(26(32)25(22)31)20-5-3-4-19(27)14-20/h3-14,16,23,30H,15H2,1-2H3/b24-22+. The number of nitrogens with zero attached hydrogens (tertiary/aromatic N) is 2. The molecule has 33 heavy (non-hydrogen) atoms. The first-order valence-corrected chi connectivity index (χ1v) is 10.9. The Balaban J connectivity index is 1.80. The van der Waals surface area contributed by atoms with Crippen molar-refractivity contribution in [1.29, 1.82) is 0 Å². The maximum atomic E-state index is 13.1. The predicted molar refractivity (Wildman–Crippen MR) is 127 cm³/mol. The Labute approximate surface area is 197 Å². The van der Waals surface area contributed by atoms with Crippen LogP contribution in [0.4, 0.5) is 5.69 Å². The molecule has 0 aliphatic carbocycles. The zero-order chi connectivity index (χ0) is 23.5. The average Bonchev–Trinajstić information content (AvgIpc) is 3.08. The summed E-state index contributed by atoms with van der Waals surface area (Å²) in [7, 11) is 0. The lowest BCUT2D eigenvalue weighted by Gasteiger charge is -2.25. The minimum Gasteiger partial charge on any atom is -0.507 e. The summed E-state index contributed by atoms with van der Waals surface area (Å²) in [6.07, 6.45) is 3.16. The number of halogens is 1. The molecule has 0 bridgehead atoms. The van der Waals surface area contributed by atoms with Crippen LogP contribution in [-0.2, 0) is 9.59 Å². The van der Waals surface area contributed by atoms with Gasteiger partial charge in [-0.15, -0.1) is 0 Å². The Morgan fingerprint density at radius 2 is 1.79 bits per heavy atom. The number of carbonyl (C=O) groups is 2. The summed E-state index contributed by atoms with van der Waals surface area (Å²) in [6, 6.07) is 16.1. The molecule has 1 aliphatic heterocycles. The van der Waals surface area contributed by atoms with E-state index in [0.29, 0.717) is 40.1 Å². The van der Waals surface area contributed by atoms with Gasteiger partial charge in [0.15, 0.2) is 0 Å². The first-order chi connectivity index (χ1) is 15.9. The molecule has 1 aliphatic rings. The van der Waals surface area contributed by atoms with Gasteiger partial charge in [-0.3, -0.25) is 19.5 Å². The quantitative estimate of drug-likeness (QED) is 0.301. The smallest absolute Gasteiger partial charge is 0.300 e. The molecule has 2 aromatic carbocycles. The van der Waals surface area contributed by atoms with Crippen molar-refractivity contribution in [2.24, 2.45) is 5.92 Å². The second-order valence-corrected chi connectivity index (χ2v) is 8.60. The fourth-order valence-electron chi connectivity index (χ4n) is 3.71. The molecule has 1 saturated heterocycles. The second-order valence-electron chi connectivity index (χ2n) is 8.16. The number of aromatic nitrogens is 1. The highest BCUT2D eigenvalue weighted by Gasteiger charge is 2.47. The zero-order valence-corrected chi connectivity index (χ0v) is 19.0. The maximum absolute atomic E-state index is 13.1. The first-order valence-electron chi connectivity index (χ1n) is 10.6. The monoisotopic (exact) mass is 462 g/mol. The van der Waals surface area contributed by atoms with Gasteiger partial charge in [-0.05, 0) is 66.1 Å². The Bertz CT molecular complexity index is 1210. The SMILES string of the molecule is CC(C)COc1ccc(/C(O)=C2\C(=O)C(=O)N(c3cccc(Cl)c3)C2c2ccncc2)cc1. The molecule has 1 aromatic heterocycles. The van der Waals surface area contributed by atoms with E-state index in [1.165, 1.54) is 4.90 Å². The van der Waals surface area contributed by atoms with Crippen molar-refractivity contribution in [3.63, 3.8) is 0 Å². The highest BCUT2D eigenvalue weighted by Crippen LogP contribution is 2.42. The van der Waals surface area contributed by atoms with Crippen molar-refractivity contribution in [3.05, 3.63) is 94.8 Å². The van der Waals surface area contributed by atoms with Crippen LogP contribution in [0, 0.1) is 5.92 Å². The molecule has 1 amide bonds. The van der Waals surface area contributed by atoms with Gasteiger partial charge in [0.1, 0.15) is 11.5 Å². The molecule has 2 heterocycles. The van der Waals surface area contributed by atoms with Crippen LogP contribution in [0.25, 0.3) is 5.76 Å². The van der Waals surface area contributed by atoms with Crippen molar-refractivity contribution in [1.82, 2.24) is 4.98 Å². The summed E-state index contributed by atoms with van der Waals surface area (Å²) < 4.78 is 5.70. The zero-order valence-electron chi connectivity index (χ0n) is 18.2. The third kappa shape index (κ3) is 4.61. The van der Waals surface area contributed by atoms with Gasteiger partial charge >= 0.3 is 0 Å². The van der Waals surface area contributed by atoms with Crippen LogP contribution in [0.3, 0.4) is 0 Å². The van der Waals surface area contributed by atoms with Gasteiger partial charge in [-0.25, -0.2) is 0 Å². The van der Waals surface area contributed by atoms with Gasteiger partial charge in [0.25, 0.3) is 11.7 Å². The van der Waals surface area contributed by atoms with Gasteiger partial charge in [-0.2, -0.15) is 0 Å². The molecule has 3 aromatic rings. The Morgan fingerprint density at radius 3 is 2.42 bits per heavy atom. The number of anilines is 1. The first kappa shape index (κ1) is 22.6. The maximum Gasteiger partial charge on any atom is 0.300 e. The van der Waals surface area contributed by atoms with Crippen molar-refractivity contribution in [2.45, 2.75) is 19.9 Å². The molecular formula is C26H23ClN2O4. The van der Waals surface area contributed by atoms with Crippen molar-refractivity contribution >= 4 is 34.7 Å². The van der Waals surface area contributed by atoms with Gasteiger partial charge in [0, 0.05) is 28.7 Å². The lowest BCUT2D eigenvalue weighted by Crippen LogP contribution is -2.29. The van der Waals surface area contributed by atoms with E-state index in [9.17, 15) is 14.7 Å². The number of benzene rings is 2. The normalized spacial score (nSPS) is 17.6. The molecule has 0 spiro atoms. The van der Waals surface area contributed by atoms with Crippen LogP contribution in [-0.4, -0.2) is 28.4 Å². The lowest BCUT2D eigenvalue weighted by atomic mass is 9.95. The van der Waals surface area contributed by atoms with Gasteiger partial charge < -0.3 is 9.84 Å². The third-order valence-electron chi connectivity index (χ3n) is 5.26. The Hall–Kier alpha value is -3.64. The summed E-state index contributed by atoms with van der Waals surface area (Å²) >= 11 is 6.15. The molecular weight excluding hydrogens is 440 g/mol. The third-order valence-corrected chi connectivity index (χ3v) is 5.50. The number of amides is 1. The fraction of sp³-hybridized carbons (Fsp3) is 0.192. The molecule has 0 radical (unpaired) electrons. The van der Waals surface area contributed by atoms with E-state index in [1.54, 1.807) is 73.1 Å². The Kier molecular flexibility index (Phi) is 6.47. The van der Waals surface area contributed by atoms with Gasteiger partial charge in [-0.1, -0.05) is 31.5 Å². The van der Waals surface area contributed by atoms with Crippen LogP contribution in [0.2, 0.25) is 5.02 Å². The predicted octanol–water partition coefficient (Wildman–Crippen LogP) is 5.40. The van der Waals surface area contributed by atoms with Crippen molar-refractivity contribution < 1.29 is 19.4 Å². The van der Waals surface area contributed by atoms with E-state index in [1.807, 2.05) is 0 Å². The van der Waals surface area contributed by atoms with Gasteiger partial charge in [0.05, 0.1) is 18.2 Å². The number of rotatable bonds is 6. The number of hydrogen-bond donors (Lipinski definition) is 1. The molecule has 1 unspecified atom stereocenters. The molecule has 1 fully saturated rings. The summed E-state index contributed by atoms with van der Waals surface area (Å²) in [5.74, 6) is -0.728. The fourth-order valence-corrected chi connectivity index (χ4v) is 3.90. The van der Waals surface area contributed by atoms with E-state index in [4.69, 9.17) is 16.3 Å². The van der Waals surface area contributed by atoms with Crippen LogP contribution < -0.4 is 9.64 Å². The largest absolute Gasteiger partial charge is 0.507 e. The average molecular weight is 463 g/mol. The minimum atomic E-state index is -0.830.